The van der Waals surface area contributed by atoms with Crippen LogP contribution in [0.1, 0.15) is 64.4 Å². The molecule has 1 heterocycles. The van der Waals surface area contributed by atoms with Gasteiger partial charge >= 0.3 is 3.98 Å². The van der Waals surface area contributed by atoms with Crippen LogP contribution < -0.4 is 0 Å². The summed E-state index contributed by atoms with van der Waals surface area (Å²) in [5.41, 5.74) is 4.98. The van der Waals surface area contributed by atoms with Gasteiger partial charge < -0.3 is 4.74 Å². The van der Waals surface area contributed by atoms with Gasteiger partial charge in [0, 0.05) is 18.8 Å². The lowest BCUT2D eigenvalue weighted by molar-refractivity contribution is -0.0240. The number of rotatable bonds is 2. The van der Waals surface area contributed by atoms with Gasteiger partial charge in [0.25, 0.3) is 0 Å². The number of nitrogens with zero attached hydrogens (tertiary/aromatic N) is 1. The minimum atomic E-state index is -0.168. The highest BCUT2D eigenvalue weighted by atomic mass is 127. The van der Waals surface area contributed by atoms with Crippen LogP contribution >= 0.6 is 22.6 Å². The summed E-state index contributed by atoms with van der Waals surface area (Å²) in [5, 5.41) is 0. The van der Waals surface area contributed by atoms with E-state index in [1.165, 1.54) is 36.8 Å². The SMILES string of the molecule is C[C@]12CC[C@H](OC(=O)I)CC1=CC[C@@H]1[C@@H]2CC[C@]2(C)C(c3cccnc3)=CC[C@@H]12. The first-order valence-corrected chi connectivity index (χ1v) is 12.2. The van der Waals surface area contributed by atoms with E-state index < -0.39 is 0 Å². The van der Waals surface area contributed by atoms with E-state index in [0.717, 1.165) is 37.0 Å². The summed E-state index contributed by atoms with van der Waals surface area (Å²) >= 11 is 1.76. The van der Waals surface area contributed by atoms with Gasteiger partial charge in [0.2, 0.25) is 0 Å². The molecule has 0 aromatic carbocycles. The Morgan fingerprint density at radius 1 is 1.14 bits per heavy atom. The lowest BCUT2D eigenvalue weighted by Crippen LogP contribution is -2.50. The zero-order chi connectivity index (χ0) is 20.2. The maximum atomic E-state index is 11.4. The molecule has 0 spiro atoms. The number of pyridine rings is 1. The topological polar surface area (TPSA) is 39.2 Å². The number of halogens is 1. The minimum absolute atomic E-state index is 0.0782. The van der Waals surface area contributed by atoms with Crippen molar-refractivity contribution in [1.29, 1.82) is 0 Å². The number of carbonyl (C=O) groups is 1. The number of aromatic nitrogens is 1. The van der Waals surface area contributed by atoms with Crippen molar-refractivity contribution in [2.75, 3.05) is 0 Å². The molecule has 0 amide bonds. The molecule has 0 radical (unpaired) electrons. The van der Waals surface area contributed by atoms with Crippen LogP contribution in [0.25, 0.3) is 5.57 Å². The number of carbonyl (C=O) groups excluding carboxylic acids is 1. The molecule has 3 nitrogen and oxygen atoms in total. The van der Waals surface area contributed by atoms with Crippen molar-refractivity contribution in [3.05, 3.63) is 47.8 Å². The first-order valence-electron chi connectivity index (χ1n) is 11.1. The zero-order valence-electron chi connectivity index (χ0n) is 17.4. The third-order valence-electron chi connectivity index (χ3n) is 8.87. The minimum Gasteiger partial charge on any atom is -0.455 e. The molecule has 0 unspecified atom stereocenters. The third kappa shape index (κ3) is 3.12. The van der Waals surface area contributed by atoms with E-state index >= 15 is 0 Å². The number of hydrogen-bond acceptors (Lipinski definition) is 3. The van der Waals surface area contributed by atoms with Gasteiger partial charge in [-0.2, -0.15) is 0 Å². The fourth-order valence-corrected chi connectivity index (χ4v) is 7.76. The molecule has 29 heavy (non-hydrogen) atoms. The molecule has 4 aliphatic carbocycles. The average molecular weight is 503 g/mol. The van der Waals surface area contributed by atoms with Gasteiger partial charge in [-0.05, 0) is 84.3 Å². The van der Waals surface area contributed by atoms with Crippen molar-refractivity contribution in [3.8, 4) is 0 Å². The highest BCUT2D eigenvalue weighted by molar-refractivity contribution is 14.1. The van der Waals surface area contributed by atoms with Crippen LogP contribution in [0.5, 0.6) is 0 Å². The Morgan fingerprint density at radius 3 is 2.72 bits per heavy atom. The second-order valence-electron chi connectivity index (χ2n) is 10.0. The van der Waals surface area contributed by atoms with Crippen LogP contribution in [0.15, 0.2) is 42.3 Å². The Bertz CT molecular complexity index is 878. The predicted octanol–water partition coefficient (Wildman–Crippen LogP) is 6.98. The smallest absolute Gasteiger partial charge is 0.367 e. The van der Waals surface area contributed by atoms with Crippen molar-refractivity contribution in [1.82, 2.24) is 4.98 Å². The molecule has 6 atom stereocenters. The van der Waals surface area contributed by atoms with Crippen LogP contribution in [0, 0.1) is 28.6 Å². The van der Waals surface area contributed by atoms with Crippen molar-refractivity contribution in [2.45, 2.75) is 64.9 Å². The van der Waals surface area contributed by atoms with Crippen molar-refractivity contribution in [3.63, 3.8) is 0 Å². The Kier molecular flexibility index (Phi) is 4.92. The standard InChI is InChI=1S/C25H30INO2/c1-24-11-9-18(29-23(26)28)14-17(24)5-6-19-21-8-7-20(16-4-3-13-27-15-16)25(21,2)12-10-22(19)24/h3-5,7,13,15,18-19,21-22H,6,8-12,14H2,1-2H3/t18-,19-,21-,22-,24-,25+/m0/s1. The quantitative estimate of drug-likeness (QED) is 0.248. The first-order chi connectivity index (χ1) is 13.9. The van der Waals surface area contributed by atoms with Gasteiger partial charge in [-0.1, -0.05) is 37.6 Å². The first kappa shape index (κ1) is 19.8. The van der Waals surface area contributed by atoms with Gasteiger partial charge in [-0.15, -0.1) is 0 Å². The van der Waals surface area contributed by atoms with Crippen LogP contribution in [0.4, 0.5) is 4.79 Å². The van der Waals surface area contributed by atoms with Crippen LogP contribution in [-0.2, 0) is 4.74 Å². The molecule has 2 saturated carbocycles. The molecule has 1 aromatic heterocycles. The summed E-state index contributed by atoms with van der Waals surface area (Å²) in [5.74, 6) is 2.26. The molecule has 5 rings (SSSR count). The molecule has 0 N–H and O–H groups in total. The largest absolute Gasteiger partial charge is 0.455 e. The molecular weight excluding hydrogens is 473 g/mol. The second kappa shape index (κ2) is 7.21. The van der Waals surface area contributed by atoms with E-state index in [4.69, 9.17) is 4.74 Å². The molecule has 0 aliphatic heterocycles. The summed E-state index contributed by atoms with van der Waals surface area (Å²) < 4.78 is 5.39. The molecule has 154 valence electrons. The lowest BCUT2D eigenvalue weighted by atomic mass is 9.47. The normalized spacial score (nSPS) is 40.8. The average Bonchev–Trinajstić information content (AvgIpc) is 3.06. The third-order valence-corrected chi connectivity index (χ3v) is 9.13. The van der Waals surface area contributed by atoms with Crippen LogP contribution in [-0.4, -0.2) is 15.1 Å². The zero-order valence-corrected chi connectivity index (χ0v) is 19.5. The molecule has 0 saturated heterocycles. The van der Waals surface area contributed by atoms with E-state index in [9.17, 15) is 4.79 Å². The number of fused-ring (bicyclic) bond motifs is 5. The molecule has 0 bridgehead atoms. The summed E-state index contributed by atoms with van der Waals surface area (Å²) in [6, 6.07) is 4.30. The Hall–Kier alpha value is -1.17. The fourth-order valence-electron chi connectivity index (χ4n) is 7.40. The predicted molar refractivity (Wildman–Crippen MR) is 124 cm³/mol. The Labute approximate surface area is 187 Å². The van der Waals surface area contributed by atoms with E-state index in [2.05, 4.69) is 43.1 Å². The van der Waals surface area contributed by atoms with Crippen molar-refractivity contribution in [2.24, 2.45) is 28.6 Å². The number of ether oxygens (including phenoxy) is 1. The summed E-state index contributed by atoms with van der Waals surface area (Å²) in [6.45, 7) is 5.02. The van der Waals surface area contributed by atoms with E-state index in [1.54, 1.807) is 28.2 Å². The highest BCUT2D eigenvalue weighted by Crippen LogP contribution is 2.66. The van der Waals surface area contributed by atoms with E-state index in [0.29, 0.717) is 0 Å². The van der Waals surface area contributed by atoms with Gasteiger partial charge in [-0.3, -0.25) is 4.98 Å². The van der Waals surface area contributed by atoms with Crippen molar-refractivity contribution >= 4 is 32.1 Å². The van der Waals surface area contributed by atoms with Gasteiger partial charge in [-0.25, -0.2) is 4.79 Å². The molecule has 2 fully saturated rings. The van der Waals surface area contributed by atoms with Crippen LogP contribution in [0.3, 0.4) is 0 Å². The Morgan fingerprint density at radius 2 is 1.97 bits per heavy atom. The van der Waals surface area contributed by atoms with E-state index in [1.807, 2.05) is 12.4 Å². The maximum absolute atomic E-state index is 11.4. The Balaban J connectivity index is 1.41. The molecule has 1 aromatic rings. The summed E-state index contributed by atoms with van der Waals surface area (Å²) in [4.78, 5) is 15.8. The number of hydrogen-bond donors (Lipinski definition) is 0. The fraction of sp³-hybridized carbons (Fsp3) is 0.600. The summed E-state index contributed by atoms with van der Waals surface area (Å²) in [6.07, 6.45) is 17.1. The van der Waals surface area contributed by atoms with Gasteiger partial charge in [0.05, 0.1) is 22.6 Å². The van der Waals surface area contributed by atoms with E-state index in [-0.39, 0.29) is 20.9 Å². The lowest BCUT2D eigenvalue weighted by Gasteiger charge is -2.57. The monoisotopic (exact) mass is 503 g/mol. The molecular formula is C25H30INO2. The molecule has 4 heteroatoms. The molecule has 4 aliphatic rings. The van der Waals surface area contributed by atoms with Crippen LogP contribution in [0.2, 0.25) is 0 Å². The van der Waals surface area contributed by atoms with Gasteiger partial charge in [0.15, 0.2) is 0 Å². The maximum Gasteiger partial charge on any atom is 0.367 e. The highest BCUT2D eigenvalue weighted by Gasteiger charge is 2.56. The van der Waals surface area contributed by atoms with Crippen molar-refractivity contribution < 1.29 is 9.53 Å². The number of allylic oxidation sites excluding steroid dienone is 3. The summed E-state index contributed by atoms with van der Waals surface area (Å²) in [7, 11) is 0. The second-order valence-corrected chi connectivity index (χ2v) is 10.9. The van der Waals surface area contributed by atoms with Gasteiger partial charge in [0.1, 0.15) is 6.10 Å².